The van der Waals surface area contributed by atoms with Crippen molar-refractivity contribution in [3.05, 3.63) is 70.4 Å². The fourth-order valence-corrected chi connectivity index (χ4v) is 3.54. The smallest absolute Gasteiger partial charge is 0.336 e. The molecular formula is C17H10FNO3S2. The van der Waals surface area contributed by atoms with Crippen LogP contribution in [0.15, 0.2) is 53.4 Å². The molecule has 0 aromatic heterocycles. The van der Waals surface area contributed by atoms with Crippen molar-refractivity contribution < 1.29 is 19.1 Å². The number of carboxylic acid groups (broad SMARTS) is 1. The zero-order chi connectivity index (χ0) is 17.3. The average Bonchev–Trinajstić information content (AvgIpc) is 2.82. The van der Waals surface area contributed by atoms with E-state index >= 15 is 0 Å². The lowest BCUT2D eigenvalue weighted by molar-refractivity contribution is -0.113. The van der Waals surface area contributed by atoms with Crippen LogP contribution < -0.4 is 4.90 Å². The Morgan fingerprint density at radius 3 is 2.54 bits per heavy atom. The highest BCUT2D eigenvalue weighted by molar-refractivity contribution is 8.27. The molecule has 1 N–H and O–H groups in total. The first-order valence-electron chi connectivity index (χ1n) is 6.84. The summed E-state index contributed by atoms with van der Waals surface area (Å²) in [5.74, 6) is -2.12. The maximum Gasteiger partial charge on any atom is 0.336 e. The second kappa shape index (κ2) is 6.54. The molecule has 0 bridgehead atoms. The number of carbonyl (C=O) groups is 2. The number of amides is 1. The van der Waals surface area contributed by atoms with Gasteiger partial charge in [0.15, 0.2) is 4.32 Å². The maximum absolute atomic E-state index is 14.0. The minimum absolute atomic E-state index is 0.0775. The van der Waals surface area contributed by atoms with Crippen LogP contribution in [0.25, 0.3) is 6.08 Å². The molecule has 120 valence electrons. The number of rotatable bonds is 3. The third kappa shape index (κ3) is 2.95. The Balaban J connectivity index is 2.01. The lowest BCUT2D eigenvalue weighted by Gasteiger charge is -2.14. The van der Waals surface area contributed by atoms with Gasteiger partial charge in [-0.25, -0.2) is 9.18 Å². The van der Waals surface area contributed by atoms with Gasteiger partial charge in [-0.1, -0.05) is 54.3 Å². The van der Waals surface area contributed by atoms with Crippen LogP contribution >= 0.6 is 24.0 Å². The van der Waals surface area contributed by atoms with Crippen LogP contribution in [0.3, 0.4) is 0 Å². The van der Waals surface area contributed by atoms with E-state index in [-0.39, 0.29) is 20.5 Å². The Morgan fingerprint density at radius 1 is 1.17 bits per heavy atom. The third-order valence-electron chi connectivity index (χ3n) is 3.36. The van der Waals surface area contributed by atoms with E-state index in [1.165, 1.54) is 30.3 Å². The number of carbonyl (C=O) groups excluding carboxylic acids is 1. The number of hydrogen-bond donors (Lipinski definition) is 1. The van der Waals surface area contributed by atoms with E-state index in [1.807, 2.05) is 0 Å². The third-order valence-corrected chi connectivity index (χ3v) is 4.67. The molecule has 0 saturated carbocycles. The molecule has 1 aliphatic heterocycles. The fraction of sp³-hybridized carbons (Fsp3) is 0. The molecular weight excluding hydrogens is 349 g/mol. The van der Waals surface area contributed by atoms with E-state index in [2.05, 4.69) is 0 Å². The first-order chi connectivity index (χ1) is 11.5. The highest BCUT2D eigenvalue weighted by Crippen LogP contribution is 2.37. The van der Waals surface area contributed by atoms with Gasteiger partial charge in [-0.15, -0.1) is 0 Å². The zero-order valence-electron chi connectivity index (χ0n) is 12.1. The Labute approximate surface area is 146 Å². The maximum atomic E-state index is 14.0. The van der Waals surface area contributed by atoms with Crippen molar-refractivity contribution in [3.63, 3.8) is 0 Å². The van der Waals surface area contributed by atoms with Gasteiger partial charge >= 0.3 is 5.97 Å². The first kappa shape index (κ1) is 16.4. The van der Waals surface area contributed by atoms with Gasteiger partial charge in [-0.2, -0.15) is 0 Å². The number of hydrogen-bond acceptors (Lipinski definition) is 4. The number of thioether (sulfide) groups is 1. The van der Waals surface area contributed by atoms with Crippen LogP contribution in [0.5, 0.6) is 0 Å². The number of halogens is 1. The summed E-state index contributed by atoms with van der Waals surface area (Å²) >= 11 is 6.19. The van der Waals surface area contributed by atoms with Gasteiger partial charge in [0.2, 0.25) is 0 Å². The second-order valence-electron chi connectivity index (χ2n) is 4.86. The van der Waals surface area contributed by atoms with Crippen LogP contribution in [-0.4, -0.2) is 21.3 Å². The number of benzene rings is 2. The molecule has 1 amide bonds. The topological polar surface area (TPSA) is 57.6 Å². The molecule has 0 radical (unpaired) electrons. The minimum Gasteiger partial charge on any atom is -0.478 e. The van der Waals surface area contributed by atoms with Crippen molar-refractivity contribution in [3.8, 4) is 0 Å². The Bertz CT molecular complexity index is 895. The van der Waals surface area contributed by atoms with Crippen LogP contribution in [0.1, 0.15) is 15.9 Å². The lowest BCUT2D eigenvalue weighted by Crippen LogP contribution is -2.28. The van der Waals surface area contributed by atoms with Crippen molar-refractivity contribution >= 4 is 51.9 Å². The van der Waals surface area contributed by atoms with Crippen molar-refractivity contribution in [1.29, 1.82) is 0 Å². The summed E-state index contributed by atoms with van der Waals surface area (Å²) in [6.45, 7) is 0. The molecule has 1 aliphatic rings. The fourth-order valence-electron chi connectivity index (χ4n) is 2.27. The minimum atomic E-state index is -1.09. The summed E-state index contributed by atoms with van der Waals surface area (Å²) in [5.41, 5.74) is 0.544. The quantitative estimate of drug-likeness (QED) is 0.665. The Morgan fingerprint density at radius 2 is 1.83 bits per heavy atom. The standard InChI is InChI=1S/C17H10FNO3S2/c18-12-7-3-4-8-13(12)19-15(20)14(24-17(19)23)9-10-5-1-2-6-11(10)16(21)22/h1-9H,(H,21,22). The van der Waals surface area contributed by atoms with Crippen LogP contribution in [0.2, 0.25) is 0 Å². The largest absolute Gasteiger partial charge is 0.478 e. The van der Waals surface area contributed by atoms with Crippen molar-refractivity contribution in [2.24, 2.45) is 0 Å². The van der Waals surface area contributed by atoms with E-state index in [9.17, 15) is 19.1 Å². The summed E-state index contributed by atoms with van der Waals surface area (Å²) < 4.78 is 14.2. The molecule has 1 saturated heterocycles. The lowest BCUT2D eigenvalue weighted by atomic mass is 10.1. The van der Waals surface area contributed by atoms with Crippen LogP contribution in [-0.2, 0) is 4.79 Å². The summed E-state index contributed by atoms with van der Waals surface area (Å²) in [6.07, 6.45) is 1.46. The molecule has 2 aromatic rings. The highest BCUT2D eigenvalue weighted by atomic mass is 32.2. The highest BCUT2D eigenvalue weighted by Gasteiger charge is 2.34. The second-order valence-corrected chi connectivity index (χ2v) is 6.54. The van der Waals surface area contributed by atoms with Gasteiger partial charge in [0.1, 0.15) is 5.82 Å². The van der Waals surface area contributed by atoms with Crippen LogP contribution in [0.4, 0.5) is 10.1 Å². The molecule has 0 aliphatic carbocycles. The summed E-state index contributed by atoms with van der Waals surface area (Å²) in [6, 6.07) is 12.2. The number of thiocarbonyl (C=S) groups is 1. The number of carboxylic acids is 1. The molecule has 4 nitrogen and oxygen atoms in total. The summed E-state index contributed by atoms with van der Waals surface area (Å²) in [7, 11) is 0. The van der Waals surface area contributed by atoms with Gasteiger partial charge in [0.05, 0.1) is 16.2 Å². The van der Waals surface area contributed by atoms with E-state index in [0.717, 1.165) is 16.7 Å². The monoisotopic (exact) mass is 359 g/mol. The van der Waals surface area contributed by atoms with Gasteiger partial charge in [0, 0.05) is 0 Å². The van der Waals surface area contributed by atoms with Gasteiger partial charge in [-0.05, 0) is 29.8 Å². The number of anilines is 1. The number of aromatic carboxylic acids is 1. The van der Waals surface area contributed by atoms with Crippen molar-refractivity contribution in [1.82, 2.24) is 0 Å². The molecule has 1 heterocycles. The molecule has 2 aromatic carbocycles. The Hall–Kier alpha value is -2.51. The molecule has 0 atom stereocenters. The average molecular weight is 359 g/mol. The Kier molecular flexibility index (Phi) is 4.46. The van der Waals surface area contributed by atoms with E-state index in [4.69, 9.17) is 12.2 Å². The summed E-state index contributed by atoms with van der Waals surface area (Å²) in [4.78, 5) is 25.2. The zero-order valence-corrected chi connectivity index (χ0v) is 13.7. The van der Waals surface area contributed by atoms with Gasteiger partial charge in [0.25, 0.3) is 5.91 Å². The van der Waals surface area contributed by atoms with Crippen molar-refractivity contribution in [2.75, 3.05) is 4.90 Å². The predicted octanol–water partition coefficient (Wildman–Crippen LogP) is 3.93. The van der Waals surface area contributed by atoms with Crippen LogP contribution in [0, 0.1) is 5.82 Å². The molecule has 7 heteroatoms. The van der Waals surface area contributed by atoms with E-state index in [0.29, 0.717) is 5.56 Å². The SMILES string of the molecule is O=C(O)c1ccccc1C=C1SC(=S)N(c2ccccc2F)C1=O. The van der Waals surface area contributed by atoms with Gasteiger partial charge < -0.3 is 5.11 Å². The molecule has 24 heavy (non-hydrogen) atoms. The number of para-hydroxylation sites is 1. The van der Waals surface area contributed by atoms with E-state index in [1.54, 1.807) is 24.3 Å². The van der Waals surface area contributed by atoms with Gasteiger partial charge in [-0.3, -0.25) is 9.69 Å². The van der Waals surface area contributed by atoms with Crippen molar-refractivity contribution in [2.45, 2.75) is 0 Å². The molecule has 3 rings (SSSR count). The predicted molar refractivity (Wildman–Crippen MR) is 95.5 cm³/mol. The summed E-state index contributed by atoms with van der Waals surface area (Å²) in [5, 5.41) is 9.22. The number of nitrogens with zero attached hydrogens (tertiary/aromatic N) is 1. The first-order valence-corrected chi connectivity index (χ1v) is 8.06. The normalized spacial score (nSPS) is 16.0. The molecule has 0 unspecified atom stereocenters. The molecule has 1 fully saturated rings. The van der Waals surface area contributed by atoms with E-state index < -0.39 is 17.7 Å². The molecule has 0 spiro atoms.